The number of hydrogen-bond acceptors (Lipinski definition) is 6. The van der Waals surface area contributed by atoms with Gasteiger partial charge >= 0.3 is 5.97 Å². The summed E-state index contributed by atoms with van der Waals surface area (Å²) in [7, 11) is 1.98. The van der Waals surface area contributed by atoms with Crippen molar-refractivity contribution in [1.82, 2.24) is 9.80 Å². The van der Waals surface area contributed by atoms with Crippen LogP contribution in [0.4, 0.5) is 0 Å². The van der Waals surface area contributed by atoms with Gasteiger partial charge in [-0.15, -0.1) is 0 Å². The lowest BCUT2D eigenvalue weighted by Gasteiger charge is -2.31. The molecule has 0 spiro atoms. The Morgan fingerprint density at radius 2 is 1.81 bits per heavy atom. The number of piperazine rings is 1. The minimum atomic E-state index is -0.748. The van der Waals surface area contributed by atoms with E-state index >= 15 is 0 Å². The largest absolute Gasteiger partial charge is 0.460 e. The van der Waals surface area contributed by atoms with E-state index in [1.54, 1.807) is 11.8 Å². The number of nitrogens with zero attached hydrogens (tertiary/aromatic N) is 2. The van der Waals surface area contributed by atoms with E-state index in [0.717, 1.165) is 25.2 Å². The molecule has 0 bridgehead atoms. The maximum absolute atomic E-state index is 12.3. The second-order valence-corrected chi connectivity index (χ2v) is 4.84. The highest BCUT2D eigenvalue weighted by Crippen LogP contribution is 2.09. The third-order valence-electron chi connectivity index (χ3n) is 3.24. The fourth-order valence-corrected chi connectivity index (χ4v) is 2.05. The van der Waals surface area contributed by atoms with E-state index in [0.29, 0.717) is 13.1 Å². The Balaban J connectivity index is 2.21. The number of carbonyl (C=O) groups excluding carboxylic acids is 2. The molecule has 0 saturated carbocycles. The molecule has 1 aliphatic rings. The number of ether oxygens (including phenoxy) is 1. The molecular weight excluding hydrogens is 276 g/mol. The van der Waals surface area contributed by atoms with Crippen LogP contribution < -0.4 is 5.43 Å². The SMILES string of the molecule is CCOC(=O)c1cc(=O)cc(C(=O)N2CCN(C)CC2)o1. The van der Waals surface area contributed by atoms with Crippen molar-refractivity contribution in [2.45, 2.75) is 6.92 Å². The van der Waals surface area contributed by atoms with Crippen LogP contribution in [-0.4, -0.2) is 61.5 Å². The van der Waals surface area contributed by atoms with Gasteiger partial charge in [-0.3, -0.25) is 9.59 Å². The van der Waals surface area contributed by atoms with Gasteiger partial charge in [0, 0.05) is 38.3 Å². The van der Waals surface area contributed by atoms with Crippen molar-refractivity contribution in [1.29, 1.82) is 0 Å². The fraction of sp³-hybridized carbons (Fsp3) is 0.500. The molecule has 1 fully saturated rings. The van der Waals surface area contributed by atoms with E-state index in [-0.39, 0.29) is 24.0 Å². The number of likely N-dealkylation sites (N-methyl/N-ethyl adjacent to an activating group) is 1. The lowest BCUT2D eigenvalue weighted by Crippen LogP contribution is -2.47. The predicted molar refractivity (Wildman–Crippen MR) is 74.3 cm³/mol. The van der Waals surface area contributed by atoms with Crippen molar-refractivity contribution in [2.24, 2.45) is 0 Å². The second-order valence-electron chi connectivity index (χ2n) is 4.84. The third kappa shape index (κ3) is 3.69. The van der Waals surface area contributed by atoms with Crippen LogP contribution in [0.5, 0.6) is 0 Å². The molecule has 0 aliphatic carbocycles. The van der Waals surface area contributed by atoms with Gasteiger partial charge in [0.25, 0.3) is 5.91 Å². The summed E-state index contributed by atoms with van der Waals surface area (Å²) in [6, 6.07) is 2.13. The van der Waals surface area contributed by atoms with E-state index in [1.165, 1.54) is 0 Å². The molecule has 1 saturated heterocycles. The van der Waals surface area contributed by atoms with Gasteiger partial charge in [-0.2, -0.15) is 0 Å². The van der Waals surface area contributed by atoms with Gasteiger partial charge < -0.3 is 19.0 Å². The summed E-state index contributed by atoms with van der Waals surface area (Å²) in [6.07, 6.45) is 0. The highest BCUT2D eigenvalue weighted by atomic mass is 16.5. The molecule has 1 aliphatic heterocycles. The standard InChI is InChI=1S/C14H18N2O5/c1-3-20-14(19)12-9-10(17)8-11(21-12)13(18)16-6-4-15(2)5-7-16/h8-9H,3-7H2,1-2H3. The zero-order valence-corrected chi connectivity index (χ0v) is 12.1. The molecule has 2 rings (SSSR count). The highest BCUT2D eigenvalue weighted by molar-refractivity contribution is 5.93. The summed E-state index contributed by atoms with van der Waals surface area (Å²) in [5.41, 5.74) is -0.457. The van der Waals surface area contributed by atoms with Crippen LogP contribution in [0, 0.1) is 0 Å². The fourth-order valence-electron chi connectivity index (χ4n) is 2.05. The number of esters is 1. The van der Waals surface area contributed by atoms with E-state index < -0.39 is 11.4 Å². The van der Waals surface area contributed by atoms with Crippen molar-refractivity contribution in [3.05, 3.63) is 33.9 Å². The Hall–Kier alpha value is -2.15. The van der Waals surface area contributed by atoms with Crippen molar-refractivity contribution >= 4 is 11.9 Å². The van der Waals surface area contributed by atoms with Crippen molar-refractivity contribution in [3.8, 4) is 0 Å². The summed E-state index contributed by atoms with van der Waals surface area (Å²) >= 11 is 0. The van der Waals surface area contributed by atoms with Crippen LogP contribution in [0.15, 0.2) is 21.3 Å². The van der Waals surface area contributed by atoms with Gasteiger partial charge in [0.2, 0.25) is 5.76 Å². The topological polar surface area (TPSA) is 80.1 Å². The monoisotopic (exact) mass is 294 g/mol. The number of hydrogen-bond donors (Lipinski definition) is 0. The van der Waals surface area contributed by atoms with Gasteiger partial charge in [-0.25, -0.2) is 4.79 Å². The Bertz CT molecular complexity index is 587. The van der Waals surface area contributed by atoms with Gasteiger partial charge in [0.05, 0.1) is 6.61 Å². The van der Waals surface area contributed by atoms with Gasteiger partial charge in [-0.05, 0) is 14.0 Å². The zero-order valence-electron chi connectivity index (χ0n) is 12.1. The number of rotatable bonds is 3. The molecule has 0 radical (unpaired) electrons. The number of carbonyl (C=O) groups is 2. The molecule has 21 heavy (non-hydrogen) atoms. The summed E-state index contributed by atoms with van der Waals surface area (Å²) in [4.78, 5) is 39.2. The number of amides is 1. The van der Waals surface area contributed by atoms with Crippen LogP contribution in [-0.2, 0) is 4.74 Å². The van der Waals surface area contributed by atoms with Crippen LogP contribution in [0.25, 0.3) is 0 Å². The maximum Gasteiger partial charge on any atom is 0.374 e. The summed E-state index contributed by atoms with van der Waals surface area (Å²) < 4.78 is 10.0. The molecule has 0 unspecified atom stereocenters. The van der Waals surface area contributed by atoms with Gasteiger partial charge in [-0.1, -0.05) is 0 Å². The smallest absolute Gasteiger partial charge is 0.374 e. The molecule has 114 valence electrons. The Morgan fingerprint density at radius 1 is 1.19 bits per heavy atom. The van der Waals surface area contributed by atoms with Crippen LogP contribution in [0.2, 0.25) is 0 Å². The second kappa shape index (κ2) is 6.53. The normalized spacial score (nSPS) is 15.8. The van der Waals surface area contributed by atoms with Crippen molar-refractivity contribution in [3.63, 3.8) is 0 Å². The van der Waals surface area contributed by atoms with E-state index in [4.69, 9.17) is 9.15 Å². The molecular formula is C14H18N2O5. The first-order valence-corrected chi connectivity index (χ1v) is 6.81. The molecule has 2 heterocycles. The molecule has 7 heteroatoms. The predicted octanol–water partition coefficient (Wildman–Crippen LogP) is 0.204. The Labute approximate surface area is 122 Å². The zero-order chi connectivity index (χ0) is 15.4. The molecule has 0 atom stereocenters. The first kappa shape index (κ1) is 15.2. The third-order valence-corrected chi connectivity index (χ3v) is 3.24. The van der Waals surface area contributed by atoms with Gasteiger partial charge in [0.1, 0.15) is 0 Å². The maximum atomic E-state index is 12.3. The first-order valence-electron chi connectivity index (χ1n) is 6.81. The lowest BCUT2D eigenvalue weighted by atomic mass is 10.2. The first-order chi connectivity index (χ1) is 10.0. The summed E-state index contributed by atoms with van der Waals surface area (Å²) in [5, 5.41) is 0. The lowest BCUT2D eigenvalue weighted by molar-refractivity contribution is 0.0477. The van der Waals surface area contributed by atoms with Crippen LogP contribution >= 0.6 is 0 Å². The minimum Gasteiger partial charge on any atom is -0.460 e. The molecule has 0 N–H and O–H groups in total. The Kier molecular flexibility index (Phi) is 4.74. The van der Waals surface area contributed by atoms with Crippen molar-refractivity contribution < 1.29 is 18.7 Å². The van der Waals surface area contributed by atoms with E-state index in [9.17, 15) is 14.4 Å². The quantitative estimate of drug-likeness (QED) is 0.741. The van der Waals surface area contributed by atoms with E-state index in [2.05, 4.69) is 4.90 Å². The minimum absolute atomic E-state index is 0.130. The van der Waals surface area contributed by atoms with Crippen molar-refractivity contribution in [2.75, 3.05) is 39.8 Å². The summed E-state index contributed by atoms with van der Waals surface area (Å²) in [5.74, 6) is -1.51. The average Bonchev–Trinajstić information content (AvgIpc) is 2.47. The van der Waals surface area contributed by atoms with Gasteiger partial charge in [0.15, 0.2) is 11.2 Å². The highest BCUT2D eigenvalue weighted by Gasteiger charge is 2.24. The average molecular weight is 294 g/mol. The Morgan fingerprint density at radius 3 is 2.43 bits per heavy atom. The van der Waals surface area contributed by atoms with E-state index in [1.807, 2.05) is 7.05 Å². The molecule has 1 amide bonds. The molecule has 1 aromatic heterocycles. The summed E-state index contributed by atoms with van der Waals surface area (Å²) in [6.45, 7) is 4.45. The molecule has 0 aromatic carbocycles. The van der Waals surface area contributed by atoms with Crippen LogP contribution in [0.1, 0.15) is 28.0 Å². The molecule has 7 nitrogen and oxygen atoms in total. The van der Waals surface area contributed by atoms with Crippen LogP contribution in [0.3, 0.4) is 0 Å². The molecule has 1 aromatic rings.